The Balaban J connectivity index is 4.60. The van der Waals surface area contributed by atoms with E-state index in [0.29, 0.717) is 0 Å². The van der Waals surface area contributed by atoms with Crippen LogP contribution in [0.25, 0.3) is 0 Å². The van der Waals surface area contributed by atoms with E-state index in [0.717, 1.165) is 20.1 Å². The number of rotatable bonds is 7. The van der Waals surface area contributed by atoms with Gasteiger partial charge in [0.2, 0.25) is 5.78 Å². The van der Waals surface area contributed by atoms with E-state index in [9.17, 15) is 24.0 Å². The molecule has 0 aliphatic rings. The Hall–Kier alpha value is -2.71. The van der Waals surface area contributed by atoms with Crippen molar-refractivity contribution in [2.75, 3.05) is 20.3 Å². The van der Waals surface area contributed by atoms with E-state index in [1.165, 1.54) is 0 Å². The maximum Gasteiger partial charge on any atom is 0.417 e. The smallest absolute Gasteiger partial charge is 0.417 e. The lowest BCUT2D eigenvalue weighted by Crippen LogP contribution is -2.34. The molecule has 1 atom stereocenters. The quantitative estimate of drug-likeness (QED) is 0.250. The zero-order chi connectivity index (χ0) is 16.4. The van der Waals surface area contributed by atoms with Crippen LogP contribution in [0.1, 0.15) is 6.92 Å². The number of methoxy groups -OCH3 is 1. The lowest BCUT2D eigenvalue weighted by molar-refractivity contribution is -0.176. The largest absolute Gasteiger partial charge is 0.461 e. The topological polar surface area (TPSA) is 122 Å². The summed E-state index contributed by atoms with van der Waals surface area (Å²) in [6.07, 6.45) is -0.412. The molecule has 0 aromatic carbocycles. The van der Waals surface area contributed by atoms with Gasteiger partial charge in [-0.3, -0.25) is 4.79 Å². The summed E-state index contributed by atoms with van der Waals surface area (Å²) in [7, 11) is 0.964. The minimum absolute atomic E-state index is 0.501. The fraction of sp³-hybridized carbons (Fsp3) is 0.417. The second-order valence-electron chi connectivity index (χ2n) is 3.51. The van der Waals surface area contributed by atoms with Crippen LogP contribution in [-0.4, -0.2) is 56.1 Å². The normalized spacial score (nSPS) is 10.8. The van der Waals surface area contributed by atoms with Crippen LogP contribution in [0.2, 0.25) is 0 Å². The first-order chi connectivity index (χ1) is 9.81. The highest BCUT2D eigenvalue weighted by atomic mass is 16.6. The molecular formula is C12H14O9. The standard InChI is InChI=1S/C12H14O9/c1-4-9(14)19-5-8(6-20-10(15)7(2)13)21-12(17)11(16)18-3/h4,8H,1,5-6H2,2-3H3. The summed E-state index contributed by atoms with van der Waals surface area (Å²) in [4.78, 5) is 54.7. The van der Waals surface area contributed by atoms with Crippen molar-refractivity contribution in [2.24, 2.45) is 0 Å². The molecule has 9 nitrogen and oxygen atoms in total. The summed E-state index contributed by atoms with van der Waals surface area (Å²) < 4.78 is 17.8. The van der Waals surface area contributed by atoms with Gasteiger partial charge in [0.1, 0.15) is 13.2 Å². The van der Waals surface area contributed by atoms with Crippen molar-refractivity contribution in [3.05, 3.63) is 12.7 Å². The molecule has 116 valence electrons. The Labute approximate surface area is 119 Å². The minimum atomic E-state index is -1.36. The van der Waals surface area contributed by atoms with E-state index >= 15 is 0 Å². The molecule has 0 aliphatic heterocycles. The molecule has 1 unspecified atom stereocenters. The predicted octanol–water partition coefficient (Wildman–Crippen LogP) is -1.07. The number of hydrogen-bond acceptors (Lipinski definition) is 9. The van der Waals surface area contributed by atoms with Crippen molar-refractivity contribution in [1.82, 2.24) is 0 Å². The molecule has 0 aromatic heterocycles. The van der Waals surface area contributed by atoms with E-state index < -0.39 is 49.0 Å². The van der Waals surface area contributed by atoms with Gasteiger partial charge in [-0.05, 0) is 0 Å². The van der Waals surface area contributed by atoms with Crippen LogP contribution in [0.3, 0.4) is 0 Å². The highest BCUT2D eigenvalue weighted by Gasteiger charge is 2.24. The molecule has 0 fully saturated rings. The van der Waals surface area contributed by atoms with Gasteiger partial charge in [0.15, 0.2) is 6.10 Å². The third-order valence-electron chi connectivity index (χ3n) is 1.89. The van der Waals surface area contributed by atoms with Crippen molar-refractivity contribution in [1.29, 1.82) is 0 Å². The molecule has 0 N–H and O–H groups in total. The predicted molar refractivity (Wildman–Crippen MR) is 64.7 cm³/mol. The summed E-state index contributed by atoms with van der Waals surface area (Å²) in [6, 6.07) is 0. The van der Waals surface area contributed by atoms with Crippen LogP contribution < -0.4 is 0 Å². The third kappa shape index (κ3) is 7.45. The molecular weight excluding hydrogens is 288 g/mol. The first-order valence-corrected chi connectivity index (χ1v) is 5.57. The summed E-state index contributed by atoms with van der Waals surface area (Å²) in [5, 5.41) is 0. The number of hydrogen-bond donors (Lipinski definition) is 0. The maximum atomic E-state index is 11.2. The highest BCUT2D eigenvalue weighted by molar-refractivity contribution is 6.32. The molecule has 0 aromatic rings. The van der Waals surface area contributed by atoms with Gasteiger partial charge in [-0.15, -0.1) is 0 Å². The van der Waals surface area contributed by atoms with Gasteiger partial charge >= 0.3 is 23.9 Å². The summed E-state index contributed by atoms with van der Waals surface area (Å²) in [5.41, 5.74) is 0. The number of Topliss-reactive ketones (excluding diaryl/α,β-unsaturated/α-hetero) is 1. The Kier molecular flexibility index (Phi) is 8.04. The zero-order valence-corrected chi connectivity index (χ0v) is 11.5. The van der Waals surface area contributed by atoms with Crippen molar-refractivity contribution in [3.63, 3.8) is 0 Å². The molecule has 0 saturated heterocycles. The molecule has 0 saturated carbocycles. The Morgan fingerprint density at radius 1 is 1.00 bits per heavy atom. The van der Waals surface area contributed by atoms with Crippen molar-refractivity contribution in [3.8, 4) is 0 Å². The van der Waals surface area contributed by atoms with Crippen LogP contribution in [-0.2, 0) is 42.9 Å². The van der Waals surface area contributed by atoms with E-state index in [-0.39, 0.29) is 0 Å². The highest BCUT2D eigenvalue weighted by Crippen LogP contribution is 1.99. The van der Waals surface area contributed by atoms with Crippen LogP contribution in [0.15, 0.2) is 12.7 Å². The number of ketones is 1. The van der Waals surface area contributed by atoms with Gasteiger partial charge in [-0.1, -0.05) is 6.58 Å². The zero-order valence-electron chi connectivity index (χ0n) is 11.5. The van der Waals surface area contributed by atoms with E-state index in [4.69, 9.17) is 0 Å². The van der Waals surface area contributed by atoms with Gasteiger partial charge in [0.25, 0.3) is 0 Å². The van der Waals surface area contributed by atoms with Gasteiger partial charge in [0.05, 0.1) is 7.11 Å². The summed E-state index contributed by atoms with van der Waals surface area (Å²) in [6.45, 7) is 3.05. The molecule has 0 bridgehead atoms. The Bertz CT molecular complexity index is 452. The summed E-state index contributed by atoms with van der Waals surface area (Å²) >= 11 is 0. The van der Waals surface area contributed by atoms with Crippen LogP contribution in [0, 0.1) is 0 Å². The first-order valence-electron chi connectivity index (χ1n) is 5.57. The van der Waals surface area contributed by atoms with Crippen LogP contribution in [0.5, 0.6) is 0 Å². The molecule has 9 heteroatoms. The number of carbonyl (C=O) groups is 5. The SMILES string of the molecule is C=CC(=O)OCC(COC(=O)C(C)=O)OC(=O)C(=O)OC. The number of ether oxygens (including phenoxy) is 4. The van der Waals surface area contributed by atoms with Crippen molar-refractivity contribution in [2.45, 2.75) is 13.0 Å². The van der Waals surface area contributed by atoms with Gasteiger partial charge in [0, 0.05) is 13.0 Å². The average molecular weight is 302 g/mol. The second-order valence-corrected chi connectivity index (χ2v) is 3.51. The van der Waals surface area contributed by atoms with E-state index in [1.54, 1.807) is 0 Å². The van der Waals surface area contributed by atoms with E-state index in [2.05, 4.69) is 25.5 Å². The Morgan fingerprint density at radius 3 is 2.05 bits per heavy atom. The fourth-order valence-electron chi connectivity index (χ4n) is 0.903. The van der Waals surface area contributed by atoms with Crippen LogP contribution in [0.4, 0.5) is 0 Å². The Morgan fingerprint density at radius 2 is 1.57 bits per heavy atom. The lowest BCUT2D eigenvalue weighted by atomic mass is 10.4. The molecule has 0 spiro atoms. The molecule has 0 aliphatic carbocycles. The van der Waals surface area contributed by atoms with Crippen molar-refractivity contribution < 1.29 is 42.9 Å². The van der Waals surface area contributed by atoms with E-state index in [1.807, 2.05) is 0 Å². The molecule has 0 heterocycles. The fourth-order valence-corrected chi connectivity index (χ4v) is 0.903. The monoisotopic (exact) mass is 302 g/mol. The molecule has 0 radical (unpaired) electrons. The van der Waals surface area contributed by atoms with Crippen molar-refractivity contribution >= 4 is 29.7 Å². The van der Waals surface area contributed by atoms with Gasteiger partial charge in [-0.2, -0.15) is 0 Å². The average Bonchev–Trinajstić information content (AvgIpc) is 2.47. The summed E-state index contributed by atoms with van der Waals surface area (Å²) in [5.74, 6) is -5.49. The van der Waals surface area contributed by atoms with Crippen LogP contribution >= 0.6 is 0 Å². The first kappa shape index (κ1) is 18.3. The number of carbonyl (C=O) groups excluding carboxylic acids is 5. The lowest BCUT2D eigenvalue weighted by Gasteiger charge is -2.16. The maximum absolute atomic E-state index is 11.2. The second kappa shape index (κ2) is 9.23. The minimum Gasteiger partial charge on any atom is -0.461 e. The molecule has 0 amide bonds. The third-order valence-corrected chi connectivity index (χ3v) is 1.89. The van der Waals surface area contributed by atoms with Gasteiger partial charge < -0.3 is 18.9 Å². The number of esters is 4. The van der Waals surface area contributed by atoms with Gasteiger partial charge in [-0.25, -0.2) is 19.2 Å². The molecule has 0 rings (SSSR count). The molecule has 21 heavy (non-hydrogen) atoms.